The average Bonchev–Trinajstić information content (AvgIpc) is 3.23. The number of rotatable bonds is 6. The highest BCUT2D eigenvalue weighted by molar-refractivity contribution is 7.10. The summed E-state index contributed by atoms with van der Waals surface area (Å²) < 4.78 is 0. The van der Waals surface area contributed by atoms with Crippen LogP contribution in [-0.2, 0) is 0 Å². The van der Waals surface area contributed by atoms with E-state index in [4.69, 9.17) is 0 Å². The molecule has 2 aromatic heterocycles. The van der Waals surface area contributed by atoms with Gasteiger partial charge in [-0.2, -0.15) is 0 Å². The predicted octanol–water partition coefficient (Wildman–Crippen LogP) is 3.61. The smallest absolute Gasteiger partial charge is 0.278 e. The number of thiophene rings is 1. The van der Waals surface area contributed by atoms with Gasteiger partial charge in [0.1, 0.15) is 0 Å². The van der Waals surface area contributed by atoms with Gasteiger partial charge in [-0.05, 0) is 30.6 Å². The van der Waals surface area contributed by atoms with E-state index in [1.54, 1.807) is 35.9 Å². The summed E-state index contributed by atoms with van der Waals surface area (Å²) in [6.45, 7) is 4.94. The van der Waals surface area contributed by atoms with Crippen molar-refractivity contribution in [2.24, 2.45) is 0 Å². The molecule has 0 bridgehead atoms. The first-order chi connectivity index (χ1) is 13.6. The molecule has 1 fully saturated rings. The minimum atomic E-state index is -0.355. The molecule has 0 amide bonds. The Balaban J connectivity index is 1.59. The Morgan fingerprint density at radius 3 is 2.75 bits per heavy atom. The molecule has 0 saturated carbocycles. The summed E-state index contributed by atoms with van der Waals surface area (Å²) in [7, 11) is 2.16. The van der Waals surface area contributed by atoms with Crippen LogP contribution in [0.3, 0.4) is 0 Å². The lowest BCUT2D eigenvalue weighted by Gasteiger charge is -2.37. The van der Waals surface area contributed by atoms with Crippen LogP contribution in [0.2, 0.25) is 0 Å². The molecule has 1 N–H and O–H groups in total. The van der Waals surface area contributed by atoms with E-state index in [-0.39, 0.29) is 16.7 Å². The first-order valence-corrected chi connectivity index (χ1v) is 10.2. The van der Waals surface area contributed by atoms with E-state index < -0.39 is 0 Å². The lowest BCUT2D eigenvalue weighted by atomic mass is 10.1. The number of non-ortho nitro benzene ring substituents is 1. The van der Waals surface area contributed by atoms with Gasteiger partial charge < -0.3 is 10.2 Å². The number of nitro groups is 1. The van der Waals surface area contributed by atoms with Gasteiger partial charge in [-0.25, -0.2) is 0 Å². The molecule has 1 atom stereocenters. The van der Waals surface area contributed by atoms with E-state index in [0.29, 0.717) is 5.39 Å². The fourth-order valence-corrected chi connectivity index (χ4v) is 4.58. The monoisotopic (exact) mass is 397 g/mol. The quantitative estimate of drug-likeness (QED) is 0.506. The van der Waals surface area contributed by atoms with E-state index >= 15 is 0 Å². The summed E-state index contributed by atoms with van der Waals surface area (Å²) >= 11 is 1.78. The third-order valence-electron chi connectivity index (χ3n) is 5.33. The van der Waals surface area contributed by atoms with Crippen LogP contribution in [0.1, 0.15) is 10.9 Å². The fourth-order valence-electron chi connectivity index (χ4n) is 3.72. The molecule has 7 nitrogen and oxygen atoms in total. The number of fused-ring (bicyclic) bond motifs is 1. The second-order valence-electron chi connectivity index (χ2n) is 7.06. The first kappa shape index (κ1) is 18.8. The number of hydrogen-bond donors (Lipinski definition) is 1. The van der Waals surface area contributed by atoms with Gasteiger partial charge in [0.05, 0.1) is 16.4 Å². The maximum Gasteiger partial charge on any atom is 0.278 e. The molecule has 8 heteroatoms. The highest BCUT2D eigenvalue weighted by atomic mass is 32.1. The summed E-state index contributed by atoms with van der Waals surface area (Å²) in [5.41, 5.74) is 0.987. The van der Waals surface area contributed by atoms with Crippen LogP contribution in [0.4, 0.5) is 11.4 Å². The van der Waals surface area contributed by atoms with Crippen molar-refractivity contribution in [3.8, 4) is 0 Å². The van der Waals surface area contributed by atoms with E-state index in [0.717, 1.165) is 43.8 Å². The van der Waals surface area contributed by atoms with Gasteiger partial charge in [0, 0.05) is 67.1 Å². The third-order valence-corrected chi connectivity index (χ3v) is 6.30. The molecule has 1 aliphatic rings. The number of nitro benzene ring substituents is 1. The van der Waals surface area contributed by atoms with Crippen LogP contribution in [0.25, 0.3) is 10.8 Å². The normalized spacial score (nSPS) is 16.9. The highest BCUT2D eigenvalue weighted by Gasteiger charge is 2.25. The molecule has 3 aromatic rings. The van der Waals surface area contributed by atoms with Gasteiger partial charge in [-0.15, -0.1) is 11.3 Å². The SMILES string of the molecule is CN1CCN(C(CNc2ccc([N+](=O)[O-])c3cnccc23)c2cccs2)CC1. The standard InChI is InChI=1S/C20H23N5O2S/c1-23-8-10-24(11-9-23)19(20-3-2-12-28-20)14-22-17-4-5-18(25(26)27)16-13-21-7-6-15(16)17/h2-7,12-13,19,22H,8-11,14H2,1H3. The van der Waals surface area contributed by atoms with E-state index in [2.05, 4.69) is 44.7 Å². The van der Waals surface area contributed by atoms with Gasteiger partial charge in [0.15, 0.2) is 0 Å². The summed E-state index contributed by atoms with van der Waals surface area (Å²) in [4.78, 5) is 21.3. The molecule has 28 heavy (non-hydrogen) atoms. The average molecular weight is 398 g/mol. The zero-order valence-electron chi connectivity index (χ0n) is 15.7. The van der Waals surface area contributed by atoms with E-state index in [9.17, 15) is 10.1 Å². The summed E-state index contributed by atoms with van der Waals surface area (Å²) in [5, 5.41) is 18.4. The van der Waals surface area contributed by atoms with Crippen molar-refractivity contribution in [2.75, 3.05) is 45.1 Å². The van der Waals surface area contributed by atoms with Crippen LogP contribution >= 0.6 is 11.3 Å². The Morgan fingerprint density at radius 2 is 2.04 bits per heavy atom. The van der Waals surface area contributed by atoms with Crippen LogP contribution in [-0.4, -0.2) is 59.5 Å². The lowest BCUT2D eigenvalue weighted by Crippen LogP contribution is -2.47. The maximum absolute atomic E-state index is 11.3. The summed E-state index contributed by atoms with van der Waals surface area (Å²) in [5.74, 6) is 0. The first-order valence-electron chi connectivity index (χ1n) is 9.34. The van der Waals surface area contributed by atoms with Gasteiger partial charge in [0.2, 0.25) is 0 Å². The summed E-state index contributed by atoms with van der Waals surface area (Å²) in [6, 6.07) is 9.75. The molecule has 1 aliphatic heterocycles. The van der Waals surface area contributed by atoms with Gasteiger partial charge >= 0.3 is 0 Å². The molecule has 0 radical (unpaired) electrons. The molecule has 1 aromatic carbocycles. The number of hydrogen-bond acceptors (Lipinski definition) is 7. The number of nitrogens with zero attached hydrogens (tertiary/aromatic N) is 4. The Labute approximate surface area is 167 Å². The number of pyridine rings is 1. The fraction of sp³-hybridized carbons (Fsp3) is 0.350. The van der Waals surface area contributed by atoms with Gasteiger partial charge in [-0.1, -0.05) is 6.07 Å². The molecule has 146 valence electrons. The Morgan fingerprint density at radius 1 is 1.21 bits per heavy atom. The molecule has 3 heterocycles. The molecule has 1 saturated heterocycles. The minimum Gasteiger partial charge on any atom is -0.383 e. The summed E-state index contributed by atoms with van der Waals surface area (Å²) in [6.07, 6.45) is 3.24. The number of piperazine rings is 1. The van der Waals surface area contributed by atoms with Crippen molar-refractivity contribution in [3.05, 3.63) is 63.1 Å². The molecule has 4 rings (SSSR count). The highest BCUT2D eigenvalue weighted by Crippen LogP contribution is 2.32. The maximum atomic E-state index is 11.3. The zero-order valence-corrected chi connectivity index (χ0v) is 16.6. The number of likely N-dealkylation sites (N-methyl/N-ethyl adjacent to an activating group) is 1. The van der Waals surface area contributed by atoms with Crippen molar-refractivity contribution in [3.63, 3.8) is 0 Å². The van der Waals surface area contributed by atoms with Crippen molar-refractivity contribution >= 4 is 33.5 Å². The van der Waals surface area contributed by atoms with Gasteiger partial charge in [-0.3, -0.25) is 20.0 Å². The Hall–Kier alpha value is -2.55. The van der Waals surface area contributed by atoms with Crippen LogP contribution in [0, 0.1) is 10.1 Å². The second kappa shape index (κ2) is 8.22. The van der Waals surface area contributed by atoms with Crippen LogP contribution in [0.5, 0.6) is 0 Å². The molecule has 0 aliphatic carbocycles. The Bertz CT molecular complexity index is 954. The van der Waals surface area contributed by atoms with Gasteiger partial charge in [0.25, 0.3) is 5.69 Å². The number of aromatic nitrogens is 1. The molecule has 0 spiro atoms. The van der Waals surface area contributed by atoms with E-state index in [1.165, 1.54) is 4.88 Å². The van der Waals surface area contributed by atoms with Crippen LogP contribution < -0.4 is 5.32 Å². The Kier molecular flexibility index (Phi) is 5.52. The second-order valence-corrected chi connectivity index (χ2v) is 8.04. The van der Waals surface area contributed by atoms with Crippen molar-refractivity contribution in [2.45, 2.75) is 6.04 Å². The van der Waals surface area contributed by atoms with Crippen molar-refractivity contribution in [1.82, 2.24) is 14.8 Å². The minimum absolute atomic E-state index is 0.0857. The largest absolute Gasteiger partial charge is 0.383 e. The number of benzene rings is 1. The topological polar surface area (TPSA) is 74.5 Å². The predicted molar refractivity (Wildman–Crippen MR) is 113 cm³/mol. The molecular weight excluding hydrogens is 374 g/mol. The lowest BCUT2D eigenvalue weighted by molar-refractivity contribution is -0.383. The van der Waals surface area contributed by atoms with Crippen LogP contribution in [0.15, 0.2) is 48.1 Å². The van der Waals surface area contributed by atoms with E-state index in [1.807, 2.05) is 6.07 Å². The molecule has 1 unspecified atom stereocenters. The van der Waals surface area contributed by atoms with Crippen molar-refractivity contribution in [1.29, 1.82) is 0 Å². The third kappa shape index (κ3) is 3.84. The zero-order chi connectivity index (χ0) is 19.5. The number of anilines is 1. The van der Waals surface area contributed by atoms with Crippen molar-refractivity contribution < 1.29 is 4.92 Å². The number of nitrogens with one attached hydrogen (secondary N) is 1. The molecular formula is C20H23N5O2S.